The van der Waals surface area contributed by atoms with Crippen LogP contribution in [0.3, 0.4) is 0 Å². The number of halogens is 2. The maximum atomic E-state index is 13.9. The van der Waals surface area contributed by atoms with Gasteiger partial charge in [-0.2, -0.15) is 5.21 Å². The molecular weight excluding hydrogens is 541 g/mol. The van der Waals surface area contributed by atoms with E-state index in [-0.39, 0.29) is 29.3 Å². The number of nitrogens with one attached hydrogen (secondary N) is 3. The summed E-state index contributed by atoms with van der Waals surface area (Å²) in [6.07, 6.45) is 3.87. The van der Waals surface area contributed by atoms with Crippen LogP contribution in [0.2, 0.25) is 0 Å². The summed E-state index contributed by atoms with van der Waals surface area (Å²) in [4.78, 5) is 27.7. The predicted molar refractivity (Wildman–Crippen MR) is 142 cm³/mol. The van der Waals surface area contributed by atoms with Crippen LogP contribution >= 0.6 is 15.9 Å². The molecule has 3 N–H and O–H groups in total. The largest absolute Gasteiger partial charge is 0.322 e. The molecule has 0 bridgehead atoms. The number of aromatic amines is 1. The summed E-state index contributed by atoms with van der Waals surface area (Å²) in [6, 6.07) is 11.1. The third-order valence-corrected chi connectivity index (χ3v) is 7.33. The summed E-state index contributed by atoms with van der Waals surface area (Å²) in [5, 5.41) is 18.6. The Labute approximate surface area is 223 Å². The number of carbonyl (C=O) groups excluding carboxylic acids is 2. The average molecular weight is 572 g/mol. The minimum Gasteiger partial charge on any atom is -0.317 e. The molecule has 0 radical (unpaired) electrons. The number of benzene rings is 2. The fourth-order valence-corrected chi connectivity index (χ4v) is 5.25. The molecule has 1 aliphatic rings. The molecule has 0 spiro atoms. The molecule has 1 aliphatic carbocycles. The highest BCUT2D eigenvalue weighted by molar-refractivity contribution is 9.10. The second kappa shape index (κ2) is 11.4. The molecule has 0 saturated heterocycles. The second-order valence-corrected chi connectivity index (χ2v) is 11.4. The van der Waals surface area contributed by atoms with E-state index in [1.807, 2.05) is 17.0 Å². The van der Waals surface area contributed by atoms with E-state index in [1.165, 1.54) is 12.1 Å². The van der Waals surface area contributed by atoms with Crippen LogP contribution in [0.1, 0.15) is 62.4 Å². The lowest BCUT2D eigenvalue weighted by Gasteiger charge is -2.41. The van der Waals surface area contributed by atoms with Crippen molar-refractivity contribution in [2.45, 2.75) is 59.0 Å². The summed E-state index contributed by atoms with van der Waals surface area (Å²) in [7, 11) is 0. The van der Waals surface area contributed by atoms with Gasteiger partial charge < -0.3 is 10.2 Å². The minimum atomic E-state index is -0.434. The number of aromatic nitrogens is 4. The van der Waals surface area contributed by atoms with Crippen molar-refractivity contribution in [2.24, 2.45) is 11.3 Å². The molecule has 1 saturated carbocycles. The number of nitrogens with zero attached hydrogens (tertiary/aromatic N) is 4. The van der Waals surface area contributed by atoms with E-state index in [1.54, 1.807) is 18.2 Å². The van der Waals surface area contributed by atoms with Crippen LogP contribution in [0.15, 0.2) is 46.9 Å². The number of amides is 3. The first-order chi connectivity index (χ1) is 17.6. The number of anilines is 2. The van der Waals surface area contributed by atoms with Crippen molar-refractivity contribution in [3.8, 4) is 0 Å². The Hall–Kier alpha value is -3.34. The van der Waals surface area contributed by atoms with Crippen molar-refractivity contribution in [3.63, 3.8) is 0 Å². The van der Waals surface area contributed by atoms with Crippen LogP contribution in [-0.2, 0) is 6.54 Å². The molecule has 0 aliphatic heterocycles. The molecule has 1 heterocycles. The first kappa shape index (κ1) is 26.7. The molecule has 4 rings (SSSR count). The van der Waals surface area contributed by atoms with Crippen LogP contribution in [-0.4, -0.2) is 43.5 Å². The molecule has 3 aromatic rings. The predicted octanol–water partition coefficient (Wildman–Crippen LogP) is 5.99. The van der Waals surface area contributed by atoms with Gasteiger partial charge in [0.15, 0.2) is 0 Å². The summed E-state index contributed by atoms with van der Waals surface area (Å²) >= 11 is 3.28. The SMILES string of the molecule is CC(C)(C)C1CCC(N(Cc2ccc(C(=O)Nc3nn[nH]n3)cc2)C(=O)Nc2cc(F)cc(Br)c2)CC1. The number of carbonyl (C=O) groups is 2. The summed E-state index contributed by atoms with van der Waals surface area (Å²) in [6.45, 7) is 7.15. The highest BCUT2D eigenvalue weighted by Gasteiger charge is 2.33. The van der Waals surface area contributed by atoms with E-state index in [2.05, 4.69) is 68.0 Å². The Morgan fingerprint density at radius 2 is 1.78 bits per heavy atom. The van der Waals surface area contributed by atoms with Crippen molar-refractivity contribution in [1.82, 2.24) is 25.5 Å². The lowest BCUT2D eigenvalue weighted by molar-refractivity contribution is 0.102. The zero-order chi connectivity index (χ0) is 26.6. The molecule has 9 nitrogen and oxygen atoms in total. The Kier molecular flexibility index (Phi) is 8.21. The molecule has 0 unspecified atom stereocenters. The van der Waals surface area contributed by atoms with Gasteiger partial charge in [0.25, 0.3) is 11.9 Å². The van der Waals surface area contributed by atoms with Crippen molar-refractivity contribution < 1.29 is 14.0 Å². The second-order valence-electron chi connectivity index (χ2n) is 10.5. The zero-order valence-corrected chi connectivity index (χ0v) is 22.7. The number of hydrogen-bond donors (Lipinski definition) is 3. The molecular formula is C26H31BrFN7O2. The first-order valence-corrected chi connectivity index (χ1v) is 13.1. The maximum absolute atomic E-state index is 13.9. The van der Waals surface area contributed by atoms with E-state index in [9.17, 15) is 14.0 Å². The monoisotopic (exact) mass is 571 g/mol. The number of urea groups is 1. The lowest BCUT2D eigenvalue weighted by Crippen LogP contribution is -2.45. The van der Waals surface area contributed by atoms with E-state index in [0.717, 1.165) is 31.2 Å². The van der Waals surface area contributed by atoms with Gasteiger partial charge in [-0.1, -0.05) is 53.9 Å². The van der Waals surface area contributed by atoms with Gasteiger partial charge in [-0.25, -0.2) is 9.18 Å². The molecule has 1 fully saturated rings. The molecule has 2 aromatic carbocycles. The van der Waals surface area contributed by atoms with Gasteiger partial charge >= 0.3 is 6.03 Å². The Morgan fingerprint density at radius 3 is 2.38 bits per heavy atom. The first-order valence-electron chi connectivity index (χ1n) is 12.3. The molecule has 0 atom stereocenters. The third kappa shape index (κ3) is 7.12. The van der Waals surface area contributed by atoms with Crippen LogP contribution in [0.4, 0.5) is 20.8 Å². The van der Waals surface area contributed by atoms with Crippen molar-refractivity contribution >= 4 is 39.5 Å². The van der Waals surface area contributed by atoms with Gasteiger partial charge in [-0.05, 0) is 78.1 Å². The molecule has 37 heavy (non-hydrogen) atoms. The van der Waals surface area contributed by atoms with Crippen molar-refractivity contribution in [3.05, 3.63) is 63.9 Å². The Bertz CT molecular complexity index is 1200. The van der Waals surface area contributed by atoms with Gasteiger partial charge in [0, 0.05) is 28.3 Å². The fourth-order valence-electron chi connectivity index (χ4n) is 4.79. The Balaban J connectivity index is 1.49. The van der Waals surface area contributed by atoms with Gasteiger partial charge in [-0.15, -0.1) is 5.10 Å². The quantitative estimate of drug-likeness (QED) is 0.336. The van der Waals surface area contributed by atoms with Crippen molar-refractivity contribution in [2.75, 3.05) is 10.6 Å². The fraction of sp³-hybridized carbons (Fsp3) is 0.423. The Morgan fingerprint density at radius 1 is 1.08 bits per heavy atom. The highest BCUT2D eigenvalue weighted by atomic mass is 79.9. The normalized spacial score (nSPS) is 17.8. The summed E-state index contributed by atoms with van der Waals surface area (Å²) in [5.41, 5.74) is 1.92. The number of hydrogen-bond acceptors (Lipinski definition) is 5. The number of rotatable bonds is 6. The third-order valence-electron chi connectivity index (χ3n) is 6.88. The van der Waals surface area contributed by atoms with Crippen LogP contribution < -0.4 is 10.6 Å². The van der Waals surface area contributed by atoms with Gasteiger partial charge in [0.05, 0.1) is 0 Å². The zero-order valence-electron chi connectivity index (χ0n) is 21.1. The van der Waals surface area contributed by atoms with Crippen LogP contribution in [0.5, 0.6) is 0 Å². The van der Waals surface area contributed by atoms with Gasteiger partial charge in [0.1, 0.15) is 5.82 Å². The highest BCUT2D eigenvalue weighted by Crippen LogP contribution is 2.39. The standard InChI is InChI=1S/C26H31BrFN7O2/c1-26(2,3)18-8-10-22(11-9-18)35(25(37)29-21-13-19(27)12-20(28)14-21)15-16-4-6-17(7-5-16)23(36)30-24-31-33-34-32-24/h4-7,12-14,18,22H,8-11,15H2,1-3H3,(H,29,37)(H2,30,31,32,33,34,36). The van der Waals surface area contributed by atoms with Gasteiger partial charge in [-0.3, -0.25) is 10.1 Å². The lowest BCUT2D eigenvalue weighted by atomic mass is 9.71. The van der Waals surface area contributed by atoms with Crippen LogP contribution in [0, 0.1) is 17.2 Å². The number of tetrazole rings is 1. The summed E-state index contributed by atoms with van der Waals surface area (Å²) < 4.78 is 14.5. The average Bonchev–Trinajstić information content (AvgIpc) is 3.35. The smallest absolute Gasteiger partial charge is 0.317 e. The molecule has 11 heteroatoms. The molecule has 3 amide bonds. The number of H-pyrrole nitrogens is 1. The van der Waals surface area contributed by atoms with E-state index >= 15 is 0 Å². The van der Waals surface area contributed by atoms with E-state index < -0.39 is 5.82 Å². The minimum absolute atomic E-state index is 0.0526. The molecule has 1 aromatic heterocycles. The topological polar surface area (TPSA) is 116 Å². The van der Waals surface area contributed by atoms with E-state index in [0.29, 0.717) is 28.2 Å². The van der Waals surface area contributed by atoms with E-state index in [4.69, 9.17) is 0 Å². The van der Waals surface area contributed by atoms with Crippen molar-refractivity contribution in [1.29, 1.82) is 0 Å². The molecule has 196 valence electrons. The summed E-state index contributed by atoms with van der Waals surface area (Å²) in [5.74, 6) is -0.104. The van der Waals surface area contributed by atoms with Gasteiger partial charge in [0.2, 0.25) is 0 Å². The van der Waals surface area contributed by atoms with Crippen LogP contribution in [0.25, 0.3) is 0 Å². The maximum Gasteiger partial charge on any atom is 0.322 e.